The molecular weight excluding hydrogens is 368 g/mol. The molecular formula is C18H20F4N2O3. The summed E-state index contributed by atoms with van der Waals surface area (Å²) in [7, 11) is 0. The van der Waals surface area contributed by atoms with Crippen LogP contribution >= 0.6 is 0 Å². The SMILES string of the molecule is CC12CC(=O)CCC1C2(F)F.CC12Cc3[nH]nc(C(=O)O)c3CC1C2(F)F. The second-order valence-corrected chi connectivity index (χ2v) is 8.66. The summed E-state index contributed by atoms with van der Waals surface area (Å²) in [6.45, 7) is 3.07. The molecule has 4 aliphatic carbocycles. The lowest BCUT2D eigenvalue weighted by Crippen LogP contribution is -2.15. The third-order valence-corrected chi connectivity index (χ3v) is 7.15. The number of carboxylic acid groups (broad SMARTS) is 1. The number of hydrogen-bond donors (Lipinski definition) is 2. The Labute approximate surface area is 152 Å². The van der Waals surface area contributed by atoms with Crippen LogP contribution in [-0.4, -0.2) is 38.9 Å². The third kappa shape index (κ3) is 2.26. The number of aromatic amines is 1. The molecule has 3 saturated carbocycles. The number of nitrogens with zero attached hydrogens (tertiary/aromatic N) is 1. The summed E-state index contributed by atoms with van der Waals surface area (Å²) < 4.78 is 52.8. The van der Waals surface area contributed by atoms with Crippen LogP contribution in [0.4, 0.5) is 17.6 Å². The minimum Gasteiger partial charge on any atom is -0.476 e. The van der Waals surface area contributed by atoms with Crippen molar-refractivity contribution >= 4 is 11.8 Å². The molecule has 1 aromatic rings. The van der Waals surface area contributed by atoms with E-state index >= 15 is 0 Å². The number of rotatable bonds is 1. The summed E-state index contributed by atoms with van der Waals surface area (Å²) >= 11 is 0. The number of H-pyrrole nitrogens is 1. The molecule has 9 heteroatoms. The topological polar surface area (TPSA) is 83.0 Å². The second-order valence-electron chi connectivity index (χ2n) is 8.66. The molecule has 0 bridgehead atoms. The van der Waals surface area contributed by atoms with Crippen LogP contribution in [-0.2, 0) is 17.6 Å². The van der Waals surface area contributed by atoms with E-state index in [0.717, 1.165) is 0 Å². The van der Waals surface area contributed by atoms with E-state index in [-0.39, 0.29) is 30.7 Å². The minimum absolute atomic E-state index is 0.000856. The van der Waals surface area contributed by atoms with Crippen molar-refractivity contribution < 1.29 is 32.3 Å². The zero-order valence-corrected chi connectivity index (χ0v) is 14.9. The molecule has 0 radical (unpaired) electrons. The van der Waals surface area contributed by atoms with Crippen molar-refractivity contribution in [3.8, 4) is 0 Å². The van der Waals surface area contributed by atoms with Gasteiger partial charge in [-0.3, -0.25) is 9.89 Å². The van der Waals surface area contributed by atoms with Gasteiger partial charge in [0.2, 0.25) is 0 Å². The summed E-state index contributed by atoms with van der Waals surface area (Å²) in [6, 6.07) is 0. The van der Waals surface area contributed by atoms with Crippen molar-refractivity contribution in [3.63, 3.8) is 0 Å². The molecule has 4 aliphatic rings. The van der Waals surface area contributed by atoms with Crippen molar-refractivity contribution in [1.29, 1.82) is 0 Å². The molecule has 0 saturated heterocycles. The number of alkyl halides is 4. The van der Waals surface area contributed by atoms with E-state index < -0.39 is 40.5 Å². The van der Waals surface area contributed by atoms with Gasteiger partial charge in [-0.2, -0.15) is 5.10 Å². The van der Waals surface area contributed by atoms with Crippen LogP contribution in [0, 0.1) is 22.7 Å². The monoisotopic (exact) mass is 388 g/mol. The van der Waals surface area contributed by atoms with Gasteiger partial charge in [-0.05, 0) is 12.8 Å². The van der Waals surface area contributed by atoms with Crippen molar-refractivity contribution in [2.45, 2.75) is 57.8 Å². The predicted octanol–water partition coefficient (Wildman–Crippen LogP) is 3.49. The number of nitrogens with one attached hydrogen (secondary N) is 1. The van der Waals surface area contributed by atoms with E-state index in [2.05, 4.69) is 10.2 Å². The Hall–Kier alpha value is -1.93. The fraction of sp³-hybridized carbons (Fsp3) is 0.722. The van der Waals surface area contributed by atoms with Gasteiger partial charge in [0, 0.05) is 53.2 Å². The van der Waals surface area contributed by atoms with E-state index in [4.69, 9.17) is 5.11 Å². The van der Waals surface area contributed by atoms with Crippen LogP contribution in [0.2, 0.25) is 0 Å². The van der Waals surface area contributed by atoms with Gasteiger partial charge in [0.15, 0.2) is 5.69 Å². The summed E-state index contributed by atoms with van der Waals surface area (Å²) in [4.78, 5) is 21.7. The summed E-state index contributed by atoms with van der Waals surface area (Å²) in [6.07, 6.45) is 1.13. The molecule has 2 N–H and O–H groups in total. The van der Waals surface area contributed by atoms with E-state index in [1.165, 1.54) is 6.92 Å². The Morgan fingerprint density at radius 2 is 1.70 bits per heavy atom. The number of ketones is 1. The highest BCUT2D eigenvalue weighted by Gasteiger charge is 2.79. The molecule has 4 unspecified atom stereocenters. The third-order valence-electron chi connectivity index (χ3n) is 7.15. The largest absolute Gasteiger partial charge is 0.476 e. The van der Waals surface area contributed by atoms with Gasteiger partial charge in [0.25, 0.3) is 11.8 Å². The van der Waals surface area contributed by atoms with Gasteiger partial charge in [-0.15, -0.1) is 0 Å². The number of hydrogen-bond acceptors (Lipinski definition) is 3. The molecule has 5 nitrogen and oxygen atoms in total. The summed E-state index contributed by atoms with van der Waals surface area (Å²) in [5.74, 6) is -7.64. The molecule has 148 valence electrons. The molecule has 1 heterocycles. The molecule has 27 heavy (non-hydrogen) atoms. The molecule has 0 aromatic carbocycles. The quantitative estimate of drug-likeness (QED) is 0.722. The van der Waals surface area contributed by atoms with Gasteiger partial charge < -0.3 is 5.11 Å². The van der Waals surface area contributed by atoms with Crippen molar-refractivity contribution in [1.82, 2.24) is 10.2 Å². The van der Waals surface area contributed by atoms with E-state index in [9.17, 15) is 27.2 Å². The van der Waals surface area contributed by atoms with Crippen LogP contribution in [0.3, 0.4) is 0 Å². The predicted molar refractivity (Wildman–Crippen MR) is 84.9 cm³/mol. The van der Waals surface area contributed by atoms with Crippen LogP contribution in [0.1, 0.15) is 54.9 Å². The molecule has 0 spiro atoms. The highest BCUT2D eigenvalue weighted by molar-refractivity contribution is 5.87. The average molecular weight is 388 g/mol. The molecule has 4 atom stereocenters. The highest BCUT2D eigenvalue weighted by atomic mass is 19.3. The van der Waals surface area contributed by atoms with Crippen LogP contribution in [0.25, 0.3) is 0 Å². The second kappa shape index (κ2) is 5.11. The van der Waals surface area contributed by atoms with Gasteiger partial charge in [0.05, 0.1) is 0 Å². The zero-order valence-electron chi connectivity index (χ0n) is 14.9. The van der Waals surface area contributed by atoms with Crippen molar-refractivity contribution in [2.24, 2.45) is 22.7 Å². The molecule has 3 fully saturated rings. The van der Waals surface area contributed by atoms with E-state index in [0.29, 0.717) is 24.1 Å². The Morgan fingerprint density at radius 3 is 2.26 bits per heavy atom. The first-order valence-electron chi connectivity index (χ1n) is 8.93. The van der Waals surface area contributed by atoms with Crippen LogP contribution < -0.4 is 0 Å². The number of aromatic nitrogens is 2. The molecule has 0 amide bonds. The number of halogens is 4. The lowest BCUT2D eigenvalue weighted by Gasteiger charge is -2.14. The van der Waals surface area contributed by atoms with Crippen LogP contribution in [0.15, 0.2) is 0 Å². The average Bonchev–Trinajstić information content (AvgIpc) is 3.05. The molecule has 1 aromatic heterocycles. The lowest BCUT2D eigenvalue weighted by molar-refractivity contribution is -0.122. The Bertz CT molecular complexity index is 852. The number of carboxylic acids is 1. The van der Waals surface area contributed by atoms with E-state index in [1.54, 1.807) is 6.92 Å². The smallest absolute Gasteiger partial charge is 0.356 e. The number of carbonyl (C=O) groups excluding carboxylic acids is 1. The number of fused-ring (bicyclic) bond motifs is 3. The maximum atomic E-state index is 13.5. The highest BCUT2D eigenvalue weighted by Crippen LogP contribution is 2.71. The van der Waals surface area contributed by atoms with E-state index in [1.807, 2.05) is 0 Å². The number of Topliss-reactive ketones (excluding diaryl/α,β-unsaturated/α-hetero) is 1. The molecule has 0 aliphatic heterocycles. The van der Waals surface area contributed by atoms with Gasteiger partial charge in [0.1, 0.15) is 5.78 Å². The Balaban J connectivity index is 0.000000143. The first kappa shape index (κ1) is 18.4. The van der Waals surface area contributed by atoms with Crippen molar-refractivity contribution in [2.75, 3.05) is 0 Å². The Kier molecular flexibility index (Phi) is 3.49. The maximum absolute atomic E-state index is 13.5. The first-order chi connectivity index (χ1) is 12.4. The fourth-order valence-corrected chi connectivity index (χ4v) is 5.00. The standard InChI is InChI=1S/C10H10F2N2O2.C8H10F2O/c1-9-3-5-4(2-6(9)10(9,11)12)7(8(15)16)14-13-5;1-7-4-5(11)2-3-6(7)8(7,9)10/h6H,2-3H2,1H3,(H,13,14)(H,15,16);6H,2-4H2,1H3. The number of aromatic carboxylic acids is 1. The fourth-order valence-electron chi connectivity index (χ4n) is 5.00. The first-order valence-corrected chi connectivity index (χ1v) is 8.93. The summed E-state index contributed by atoms with van der Waals surface area (Å²) in [5.41, 5.74) is -1.09. The lowest BCUT2D eigenvalue weighted by atomic mass is 9.88. The normalized spacial score (nSPS) is 39.3. The van der Waals surface area contributed by atoms with Crippen LogP contribution in [0.5, 0.6) is 0 Å². The van der Waals surface area contributed by atoms with Gasteiger partial charge in [-0.25, -0.2) is 22.4 Å². The van der Waals surface area contributed by atoms with Crippen molar-refractivity contribution in [3.05, 3.63) is 17.0 Å². The van der Waals surface area contributed by atoms with Gasteiger partial charge >= 0.3 is 5.97 Å². The number of carbonyl (C=O) groups is 2. The molecule has 5 rings (SSSR count). The Morgan fingerprint density at radius 1 is 1.11 bits per heavy atom. The van der Waals surface area contributed by atoms with Gasteiger partial charge in [-0.1, -0.05) is 13.8 Å². The summed E-state index contributed by atoms with van der Waals surface area (Å²) in [5, 5.41) is 15.1. The minimum atomic E-state index is -2.68. The zero-order chi connectivity index (χ0) is 20.0. The maximum Gasteiger partial charge on any atom is 0.356 e.